The summed E-state index contributed by atoms with van der Waals surface area (Å²) in [6.45, 7) is 4.04. The number of aliphatic hydroxyl groups excluding tert-OH is 1. The van der Waals surface area contributed by atoms with E-state index in [-0.39, 0.29) is 26.1 Å². The average Bonchev–Trinajstić information content (AvgIpc) is 3.18. The van der Waals surface area contributed by atoms with Crippen molar-refractivity contribution >= 4 is 19.8 Å². The number of unbranched alkanes of at least 4 members (excludes halogenated alkanes) is 20. The first-order valence-electron chi connectivity index (χ1n) is 23.5. The zero-order chi connectivity index (χ0) is 43.7. The molecule has 0 saturated carbocycles. The standard InChI is InChI=1S/C48H88NO9P/c1-6-8-10-12-14-16-17-18-19-20-21-22-23-25-27-31-36-40-48(52)58-46(44-57-59(53,54)56-42-41-49(3,4)5)43-55-47(51)39-35-32-28-30-34-38-45(50)37-33-29-26-24-15-13-11-9-7-2/h15,24,28-30,33-34,38,45-46,50H,6-14,16-23,25-27,31-32,35-37,39-44H2,1-5H3/b24-15-,30-28+,33-29-,38-34-/t45?,46-/m1/s1. The van der Waals surface area contributed by atoms with Gasteiger partial charge in [-0.3, -0.25) is 14.2 Å². The second-order valence-corrected chi connectivity index (χ2v) is 18.4. The maximum absolute atomic E-state index is 12.7. The first-order valence-corrected chi connectivity index (χ1v) is 24.9. The minimum absolute atomic E-state index is 0.0530. The molecule has 0 saturated heterocycles. The average molecular weight is 854 g/mol. The lowest BCUT2D eigenvalue weighted by Gasteiger charge is -2.28. The minimum Gasteiger partial charge on any atom is -0.756 e. The Morgan fingerprint density at radius 3 is 1.75 bits per heavy atom. The van der Waals surface area contributed by atoms with Crippen molar-refractivity contribution in [1.29, 1.82) is 0 Å². The van der Waals surface area contributed by atoms with Crippen molar-refractivity contribution in [1.82, 2.24) is 0 Å². The molecule has 0 heterocycles. The van der Waals surface area contributed by atoms with Crippen LogP contribution in [0.25, 0.3) is 0 Å². The van der Waals surface area contributed by atoms with Crippen LogP contribution in [-0.4, -0.2) is 81.2 Å². The van der Waals surface area contributed by atoms with Crippen molar-refractivity contribution in [2.75, 3.05) is 47.5 Å². The third-order valence-electron chi connectivity index (χ3n) is 9.93. The highest BCUT2D eigenvalue weighted by Gasteiger charge is 2.21. The van der Waals surface area contributed by atoms with E-state index in [1.165, 1.54) is 103 Å². The van der Waals surface area contributed by atoms with Crippen molar-refractivity contribution in [2.45, 2.75) is 199 Å². The Morgan fingerprint density at radius 1 is 0.627 bits per heavy atom. The Hall–Kier alpha value is -2.07. The molecule has 0 rings (SSSR count). The monoisotopic (exact) mass is 854 g/mol. The summed E-state index contributed by atoms with van der Waals surface area (Å²) >= 11 is 0. The summed E-state index contributed by atoms with van der Waals surface area (Å²) in [5.41, 5.74) is 0. The number of allylic oxidation sites excluding steroid dienone is 6. The Labute approximate surface area is 361 Å². The lowest BCUT2D eigenvalue weighted by Crippen LogP contribution is -2.37. The van der Waals surface area contributed by atoms with Crippen LogP contribution in [0.4, 0.5) is 0 Å². The van der Waals surface area contributed by atoms with Crippen LogP contribution < -0.4 is 4.89 Å². The summed E-state index contributed by atoms with van der Waals surface area (Å²) in [4.78, 5) is 37.6. The van der Waals surface area contributed by atoms with E-state index < -0.39 is 38.6 Å². The lowest BCUT2D eigenvalue weighted by atomic mass is 10.0. The number of esters is 2. The van der Waals surface area contributed by atoms with Crippen molar-refractivity contribution < 1.29 is 47.2 Å². The molecule has 10 nitrogen and oxygen atoms in total. The molecule has 0 radical (unpaired) electrons. The number of likely N-dealkylation sites (N-methyl/N-ethyl adjacent to an activating group) is 1. The molecule has 0 amide bonds. The van der Waals surface area contributed by atoms with Gasteiger partial charge in [0.25, 0.3) is 7.82 Å². The third-order valence-corrected chi connectivity index (χ3v) is 10.9. The van der Waals surface area contributed by atoms with E-state index in [0.29, 0.717) is 36.7 Å². The van der Waals surface area contributed by atoms with Crippen LogP contribution in [-0.2, 0) is 32.7 Å². The fraction of sp³-hybridized carbons (Fsp3) is 0.792. The molecule has 0 aliphatic rings. The van der Waals surface area contributed by atoms with E-state index in [9.17, 15) is 24.2 Å². The predicted octanol–water partition coefficient (Wildman–Crippen LogP) is 11.8. The number of carbonyl (C=O) groups is 2. The molecule has 0 bridgehead atoms. The van der Waals surface area contributed by atoms with Crippen LogP contribution in [0, 0.1) is 0 Å². The van der Waals surface area contributed by atoms with Gasteiger partial charge >= 0.3 is 11.9 Å². The second kappa shape index (κ2) is 40.0. The Kier molecular flexibility index (Phi) is 38.6. The lowest BCUT2D eigenvalue weighted by molar-refractivity contribution is -0.870. The van der Waals surface area contributed by atoms with E-state index >= 15 is 0 Å². The van der Waals surface area contributed by atoms with Gasteiger partial charge < -0.3 is 33.0 Å². The van der Waals surface area contributed by atoms with E-state index in [2.05, 4.69) is 32.1 Å². The highest BCUT2D eigenvalue weighted by Crippen LogP contribution is 2.38. The van der Waals surface area contributed by atoms with Gasteiger partial charge in [-0.05, 0) is 44.9 Å². The van der Waals surface area contributed by atoms with Gasteiger partial charge in [0.15, 0.2) is 6.10 Å². The SMILES string of the molecule is CCCCC/C=C\C/C=C\CC(O)/C=C\C=C\CCCC(=O)OC[C@H](COP(=O)([O-])OCC[N+](C)(C)C)OC(=O)CCCCCCCCCCCCCCCCCCC. The van der Waals surface area contributed by atoms with Gasteiger partial charge in [0, 0.05) is 12.8 Å². The quantitative estimate of drug-likeness (QED) is 0.0159. The molecular weight excluding hydrogens is 765 g/mol. The van der Waals surface area contributed by atoms with E-state index in [0.717, 1.165) is 32.1 Å². The van der Waals surface area contributed by atoms with Gasteiger partial charge in [-0.25, -0.2) is 0 Å². The molecule has 11 heteroatoms. The summed E-state index contributed by atoms with van der Waals surface area (Å²) in [5, 5.41) is 10.1. The molecule has 2 unspecified atom stereocenters. The number of nitrogens with zero attached hydrogens (tertiary/aromatic N) is 1. The van der Waals surface area contributed by atoms with Crippen molar-refractivity contribution in [3.8, 4) is 0 Å². The summed E-state index contributed by atoms with van der Waals surface area (Å²) in [6, 6.07) is 0. The van der Waals surface area contributed by atoms with E-state index in [1.807, 2.05) is 39.4 Å². The molecule has 0 fully saturated rings. The molecule has 0 aromatic heterocycles. The largest absolute Gasteiger partial charge is 0.756 e. The molecular formula is C48H88NO9P. The topological polar surface area (TPSA) is 131 Å². The van der Waals surface area contributed by atoms with E-state index in [4.69, 9.17) is 18.5 Å². The highest BCUT2D eigenvalue weighted by molar-refractivity contribution is 7.45. The van der Waals surface area contributed by atoms with Crippen LogP contribution in [0.5, 0.6) is 0 Å². The van der Waals surface area contributed by atoms with Gasteiger partial charge in [-0.1, -0.05) is 178 Å². The molecule has 0 aromatic rings. The molecule has 0 aliphatic heterocycles. The number of hydrogen-bond donors (Lipinski definition) is 1. The molecule has 344 valence electrons. The van der Waals surface area contributed by atoms with Crippen LogP contribution >= 0.6 is 7.82 Å². The molecule has 0 aliphatic carbocycles. The normalized spacial score (nSPS) is 14.5. The maximum Gasteiger partial charge on any atom is 0.306 e. The summed E-state index contributed by atoms with van der Waals surface area (Å²) in [5.74, 6) is -0.961. The Balaban J connectivity index is 4.48. The van der Waals surface area contributed by atoms with Gasteiger partial charge in [-0.15, -0.1) is 0 Å². The van der Waals surface area contributed by atoms with Crippen molar-refractivity contribution in [3.05, 3.63) is 48.6 Å². The molecule has 0 aromatic carbocycles. The van der Waals surface area contributed by atoms with Crippen LogP contribution in [0.3, 0.4) is 0 Å². The first-order chi connectivity index (χ1) is 28.4. The molecule has 59 heavy (non-hydrogen) atoms. The van der Waals surface area contributed by atoms with Gasteiger partial charge in [-0.2, -0.15) is 0 Å². The summed E-state index contributed by atoms with van der Waals surface area (Å²) in [7, 11) is 1.09. The zero-order valence-corrected chi connectivity index (χ0v) is 39.2. The maximum atomic E-state index is 12.7. The number of aliphatic hydroxyl groups is 1. The number of phosphoric acid groups is 1. The van der Waals surface area contributed by atoms with Gasteiger partial charge in [0.1, 0.15) is 19.8 Å². The number of phosphoric ester groups is 1. The highest BCUT2D eigenvalue weighted by atomic mass is 31.2. The number of quaternary nitrogens is 1. The van der Waals surface area contributed by atoms with Crippen LogP contribution in [0.2, 0.25) is 0 Å². The molecule has 1 N–H and O–H groups in total. The number of hydrogen-bond acceptors (Lipinski definition) is 9. The Bertz CT molecular complexity index is 1160. The minimum atomic E-state index is -4.66. The van der Waals surface area contributed by atoms with Gasteiger partial charge in [0.05, 0.1) is 33.9 Å². The zero-order valence-electron chi connectivity index (χ0n) is 38.3. The third kappa shape index (κ3) is 43.8. The van der Waals surface area contributed by atoms with E-state index in [1.54, 1.807) is 12.2 Å². The fourth-order valence-corrected chi connectivity index (χ4v) is 6.93. The number of rotatable bonds is 42. The smallest absolute Gasteiger partial charge is 0.306 e. The first kappa shape index (κ1) is 56.9. The second-order valence-electron chi connectivity index (χ2n) is 17.0. The van der Waals surface area contributed by atoms with Gasteiger partial charge in [0.2, 0.25) is 0 Å². The molecule has 0 spiro atoms. The number of ether oxygens (including phenoxy) is 2. The van der Waals surface area contributed by atoms with Crippen molar-refractivity contribution in [2.24, 2.45) is 0 Å². The molecule has 3 atom stereocenters. The predicted molar refractivity (Wildman–Crippen MR) is 242 cm³/mol. The van der Waals surface area contributed by atoms with Crippen molar-refractivity contribution in [3.63, 3.8) is 0 Å². The fourth-order valence-electron chi connectivity index (χ4n) is 6.20. The summed E-state index contributed by atoms with van der Waals surface area (Å²) in [6.07, 6.45) is 43.1. The van der Waals surface area contributed by atoms with Crippen LogP contribution in [0.1, 0.15) is 187 Å². The Morgan fingerprint density at radius 2 is 1.15 bits per heavy atom. The van der Waals surface area contributed by atoms with Crippen LogP contribution in [0.15, 0.2) is 48.6 Å². The summed E-state index contributed by atoms with van der Waals surface area (Å²) < 4.78 is 33.8. The number of carbonyl (C=O) groups excluding carboxylic acids is 2.